The van der Waals surface area contributed by atoms with Gasteiger partial charge in [-0.1, -0.05) is 6.07 Å². The Kier molecular flexibility index (Phi) is 14.1. The van der Waals surface area contributed by atoms with Crippen molar-refractivity contribution in [2.75, 3.05) is 28.7 Å². The number of nitriles is 1. The number of likely N-dealkylation sites (tertiary alicyclic amines) is 1. The number of ether oxygens (including phenoxy) is 1. The second kappa shape index (κ2) is 18.3. The van der Waals surface area contributed by atoms with Crippen molar-refractivity contribution >= 4 is 70.4 Å². The Hall–Kier alpha value is -4.30. The average Bonchev–Trinajstić information content (AvgIpc) is 3.32. The van der Waals surface area contributed by atoms with Crippen LogP contribution in [0, 0.1) is 17.2 Å². The molecule has 314 valence electrons. The van der Waals surface area contributed by atoms with Crippen LogP contribution < -0.4 is 20.9 Å². The zero-order valence-electron chi connectivity index (χ0n) is 33.1. The lowest BCUT2D eigenvalue weighted by atomic mass is 9.85. The van der Waals surface area contributed by atoms with Crippen LogP contribution in [-0.2, 0) is 30.1 Å². The van der Waals surface area contributed by atoms with Crippen molar-refractivity contribution in [3.05, 3.63) is 53.6 Å². The molecule has 2 aromatic carbocycles. The SMILES string of the molecule is CC1CC(CCOC2CCC(N3C(=S)N(c4ccc(C#N)c(C(F)(F)F)c4)C(=O)C3(C)C)CC2)CC(C)N1CC(=O)Nc1cccc(NC2CCC(=O)NC2=O)c1.Cl. The molecule has 3 N–H and O–H groups in total. The molecule has 3 unspecified atom stereocenters. The van der Waals surface area contributed by atoms with Gasteiger partial charge in [0.2, 0.25) is 17.7 Å². The molecule has 17 heteroatoms. The molecule has 3 atom stereocenters. The maximum Gasteiger partial charge on any atom is 0.417 e. The zero-order valence-corrected chi connectivity index (χ0v) is 34.7. The summed E-state index contributed by atoms with van der Waals surface area (Å²) in [5.41, 5.74) is -1.40. The van der Waals surface area contributed by atoms with Crippen molar-refractivity contribution in [2.24, 2.45) is 5.92 Å². The summed E-state index contributed by atoms with van der Waals surface area (Å²) in [4.78, 5) is 55.7. The summed E-state index contributed by atoms with van der Waals surface area (Å²) in [6.07, 6.45) is 1.70. The van der Waals surface area contributed by atoms with Gasteiger partial charge in [0.25, 0.3) is 5.91 Å². The topological polar surface area (TPSA) is 147 Å². The van der Waals surface area contributed by atoms with E-state index in [9.17, 15) is 37.6 Å². The third kappa shape index (κ3) is 9.93. The van der Waals surface area contributed by atoms with Crippen LogP contribution in [0.25, 0.3) is 0 Å². The van der Waals surface area contributed by atoms with Crippen molar-refractivity contribution < 1.29 is 37.1 Å². The molecule has 3 aliphatic heterocycles. The number of nitrogens with zero attached hydrogens (tertiary/aromatic N) is 4. The number of carbonyl (C=O) groups excluding carboxylic acids is 4. The van der Waals surface area contributed by atoms with Gasteiger partial charge in [0.05, 0.1) is 35.5 Å². The van der Waals surface area contributed by atoms with Gasteiger partial charge in [-0.15, -0.1) is 12.4 Å². The Morgan fingerprint density at radius 2 is 1.69 bits per heavy atom. The van der Waals surface area contributed by atoms with E-state index >= 15 is 0 Å². The largest absolute Gasteiger partial charge is 0.417 e. The summed E-state index contributed by atoms with van der Waals surface area (Å²) in [6, 6.07) is 11.8. The number of halogens is 4. The van der Waals surface area contributed by atoms with E-state index in [-0.39, 0.29) is 78.1 Å². The van der Waals surface area contributed by atoms with Crippen molar-refractivity contribution in [1.29, 1.82) is 5.26 Å². The summed E-state index contributed by atoms with van der Waals surface area (Å²) in [6.45, 7) is 8.64. The fourth-order valence-corrected chi connectivity index (χ4v) is 9.49. The molecule has 0 radical (unpaired) electrons. The van der Waals surface area contributed by atoms with Crippen molar-refractivity contribution in [2.45, 2.75) is 127 Å². The third-order valence-corrected chi connectivity index (χ3v) is 12.2. The smallest absolute Gasteiger partial charge is 0.378 e. The Labute approximate surface area is 348 Å². The van der Waals surface area contributed by atoms with Gasteiger partial charge in [-0.25, -0.2) is 0 Å². The second-order valence-corrected chi connectivity index (χ2v) is 16.6. The molecule has 3 saturated heterocycles. The number of piperidine rings is 2. The predicted octanol–water partition coefficient (Wildman–Crippen LogP) is 6.77. The third-order valence-electron chi connectivity index (χ3n) is 11.8. The van der Waals surface area contributed by atoms with Gasteiger partial charge in [-0.05, 0) is 134 Å². The molecule has 4 amide bonds. The molecule has 4 aliphatic rings. The fourth-order valence-electron chi connectivity index (χ4n) is 8.92. The first-order valence-corrected chi connectivity index (χ1v) is 20.0. The van der Waals surface area contributed by atoms with E-state index < -0.39 is 34.8 Å². The number of benzene rings is 2. The highest BCUT2D eigenvalue weighted by atomic mass is 35.5. The normalized spacial score (nSPS) is 26.4. The Morgan fingerprint density at radius 1 is 1.02 bits per heavy atom. The minimum absolute atomic E-state index is 0. The van der Waals surface area contributed by atoms with Crippen LogP contribution in [0.3, 0.4) is 0 Å². The van der Waals surface area contributed by atoms with Gasteiger partial charge >= 0.3 is 6.18 Å². The minimum Gasteiger partial charge on any atom is -0.378 e. The van der Waals surface area contributed by atoms with E-state index in [0.29, 0.717) is 43.2 Å². The molecule has 1 saturated carbocycles. The van der Waals surface area contributed by atoms with Crippen LogP contribution >= 0.6 is 24.6 Å². The standard InChI is InChI=1S/C41H50F3N7O5S.ClH/c1-24-18-26(19-25(2)49(24)23-36(53)47-29-7-5-6-28(20-29)46-34-14-15-35(52)48-37(34)54)16-17-56-32-12-10-30(11-13-32)51-39(57)50(38(55)40(51,3)4)31-9-8-27(22-45)33(21-31)41(42,43)44;/h5-9,20-21,24-26,30,32,34,46H,10-19,23H2,1-4H3,(H,47,53)(H,48,52,54);1H. The maximum atomic E-state index is 13.7. The number of amides is 4. The molecule has 1 aliphatic carbocycles. The van der Waals surface area contributed by atoms with Crippen molar-refractivity contribution in [3.63, 3.8) is 0 Å². The summed E-state index contributed by atoms with van der Waals surface area (Å²) in [5, 5.41) is 17.9. The molecular formula is C41H51ClF3N7O5S. The van der Waals surface area contributed by atoms with Crippen LogP contribution in [0.2, 0.25) is 0 Å². The number of nitrogens with one attached hydrogen (secondary N) is 3. The molecule has 6 rings (SSSR count). The monoisotopic (exact) mass is 845 g/mol. The molecule has 0 bridgehead atoms. The molecule has 12 nitrogen and oxygen atoms in total. The number of alkyl halides is 3. The first-order chi connectivity index (χ1) is 27.0. The predicted molar refractivity (Wildman–Crippen MR) is 219 cm³/mol. The zero-order chi connectivity index (χ0) is 41.2. The van der Waals surface area contributed by atoms with E-state index in [2.05, 4.69) is 34.7 Å². The fraction of sp³-hybridized carbons (Fsp3) is 0.561. The van der Waals surface area contributed by atoms with Crippen molar-refractivity contribution in [3.8, 4) is 6.07 Å². The van der Waals surface area contributed by atoms with E-state index in [0.717, 1.165) is 49.1 Å². The van der Waals surface area contributed by atoms with Crippen molar-refractivity contribution in [1.82, 2.24) is 15.1 Å². The molecule has 0 aromatic heterocycles. The second-order valence-electron chi connectivity index (χ2n) is 16.3. The Morgan fingerprint density at radius 3 is 2.33 bits per heavy atom. The van der Waals surface area contributed by atoms with Gasteiger partial charge in [0.1, 0.15) is 11.6 Å². The van der Waals surface area contributed by atoms with Gasteiger partial charge in [0.15, 0.2) is 5.11 Å². The van der Waals surface area contributed by atoms with Crippen LogP contribution in [-0.4, -0.2) is 87.5 Å². The van der Waals surface area contributed by atoms with Gasteiger partial charge in [-0.3, -0.25) is 34.3 Å². The lowest BCUT2D eigenvalue weighted by molar-refractivity contribution is -0.138. The summed E-state index contributed by atoms with van der Waals surface area (Å²) in [7, 11) is 0. The summed E-state index contributed by atoms with van der Waals surface area (Å²) < 4.78 is 47.6. The van der Waals surface area contributed by atoms with Crippen LogP contribution in [0.5, 0.6) is 0 Å². The number of thiocarbonyl (C=S) groups is 1. The molecule has 3 heterocycles. The first-order valence-electron chi connectivity index (χ1n) is 19.6. The van der Waals surface area contributed by atoms with Gasteiger partial charge in [0, 0.05) is 42.5 Å². The van der Waals surface area contributed by atoms with E-state index in [1.54, 1.807) is 38.1 Å². The molecular weight excluding hydrogens is 795 g/mol. The average molecular weight is 846 g/mol. The van der Waals surface area contributed by atoms with Crippen LogP contribution in [0.1, 0.15) is 96.6 Å². The lowest BCUT2D eigenvalue weighted by Gasteiger charge is -2.42. The van der Waals surface area contributed by atoms with E-state index in [1.807, 2.05) is 11.0 Å². The summed E-state index contributed by atoms with van der Waals surface area (Å²) >= 11 is 5.74. The van der Waals surface area contributed by atoms with E-state index in [1.165, 1.54) is 6.07 Å². The highest BCUT2D eigenvalue weighted by Crippen LogP contribution is 2.41. The number of hydrogen-bond acceptors (Lipinski definition) is 9. The lowest BCUT2D eigenvalue weighted by Crippen LogP contribution is -2.51. The summed E-state index contributed by atoms with van der Waals surface area (Å²) in [5.74, 6) is -0.723. The number of carbonyl (C=O) groups is 4. The highest BCUT2D eigenvalue weighted by molar-refractivity contribution is 7.80. The first kappa shape index (κ1) is 44.8. The quantitative estimate of drug-likeness (QED) is 0.164. The number of rotatable bonds is 11. The molecule has 2 aromatic rings. The highest BCUT2D eigenvalue weighted by Gasteiger charge is 2.52. The Balaban J connectivity index is 0.00000641. The molecule has 4 fully saturated rings. The van der Waals surface area contributed by atoms with Crippen LogP contribution in [0.4, 0.5) is 30.2 Å². The van der Waals surface area contributed by atoms with E-state index in [4.69, 9.17) is 17.0 Å². The number of hydrogen-bond donors (Lipinski definition) is 3. The number of anilines is 3. The Bertz CT molecular complexity index is 1920. The van der Waals surface area contributed by atoms with Crippen LogP contribution in [0.15, 0.2) is 42.5 Å². The van der Waals surface area contributed by atoms with Gasteiger partial charge < -0.3 is 20.3 Å². The maximum absolute atomic E-state index is 13.7. The molecule has 0 spiro atoms. The minimum atomic E-state index is -4.76. The number of imide groups is 1. The van der Waals surface area contributed by atoms with Gasteiger partial charge in [-0.2, -0.15) is 18.4 Å². The molecule has 58 heavy (non-hydrogen) atoms.